The Morgan fingerprint density at radius 1 is 1.36 bits per heavy atom. The molecular formula is C7H14N2O2. The highest BCUT2D eigenvalue weighted by Gasteiger charge is 1.95. The van der Waals surface area contributed by atoms with E-state index in [1.807, 2.05) is 6.92 Å². The summed E-state index contributed by atoms with van der Waals surface area (Å²) in [4.78, 5) is 4.86. The Hall–Kier alpha value is -1.06. The van der Waals surface area contributed by atoms with Crippen LogP contribution in [0.2, 0.25) is 0 Å². The molecule has 0 saturated carbocycles. The number of hydrogen-bond acceptors (Lipinski definition) is 4. The molecular weight excluding hydrogens is 144 g/mol. The minimum Gasteiger partial charge on any atom is -0.411 e. The van der Waals surface area contributed by atoms with Gasteiger partial charge in [0, 0.05) is 0 Å². The first-order chi connectivity index (χ1) is 5.22. The molecule has 4 heteroatoms. The highest BCUT2D eigenvalue weighted by Crippen LogP contribution is 1.86. The van der Waals surface area contributed by atoms with Crippen molar-refractivity contribution in [1.29, 1.82) is 0 Å². The quantitative estimate of drug-likeness (QED) is 0.292. The summed E-state index contributed by atoms with van der Waals surface area (Å²) in [6, 6.07) is 0. The van der Waals surface area contributed by atoms with Gasteiger partial charge in [-0.3, -0.25) is 0 Å². The summed E-state index contributed by atoms with van der Waals surface area (Å²) in [7, 11) is 0. The summed E-state index contributed by atoms with van der Waals surface area (Å²) in [6.07, 6.45) is 0.923. The van der Waals surface area contributed by atoms with Crippen LogP contribution in [0.5, 0.6) is 0 Å². The van der Waals surface area contributed by atoms with E-state index in [9.17, 15) is 0 Å². The van der Waals surface area contributed by atoms with E-state index in [1.165, 1.54) is 0 Å². The second kappa shape index (κ2) is 5.70. The molecule has 11 heavy (non-hydrogen) atoms. The van der Waals surface area contributed by atoms with Crippen LogP contribution in [0, 0.1) is 0 Å². The summed E-state index contributed by atoms with van der Waals surface area (Å²) in [5.41, 5.74) is 1.07. The first kappa shape index (κ1) is 9.94. The van der Waals surface area contributed by atoms with Crippen molar-refractivity contribution in [3.63, 3.8) is 0 Å². The van der Waals surface area contributed by atoms with E-state index >= 15 is 0 Å². The van der Waals surface area contributed by atoms with Gasteiger partial charge in [-0.05, 0) is 20.3 Å². The van der Waals surface area contributed by atoms with Crippen LogP contribution in [0.1, 0.15) is 27.2 Å². The van der Waals surface area contributed by atoms with Gasteiger partial charge in [-0.2, -0.15) is 0 Å². The van der Waals surface area contributed by atoms with Crippen molar-refractivity contribution < 1.29 is 10.0 Å². The van der Waals surface area contributed by atoms with Gasteiger partial charge in [0.05, 0.1) is 0 Å². The van der Waals surface area contributed by atoms with E-state index in [0.29, 0.717) is 18.0 Å². The number of oxime groups is 2. The Labute approximate surface area is 66.5 Å². The molecule has 0 aromatic heterocycles. The SMILES string of the molecule is CCCO/N=C(C)/C(C)=N/O. The molecule has 0 amide bonds. The fourth-order valence-electron chi connectivity index (χ4n) is 0.372. The highest BCUT2D eigenvalue weighted by molar-refractivity contribution is 6.40. The van der Waals surface area contributed by atoms with E-state index in [0.717, 1.165) is 6.42 Å². The molecule has 0 aliphatic carbocycles. The molecule has 0 unspecified atom stereocenters. The van der Waals surface area contributed by atoms with Crippen LogP contribution in [0.4, 0.5) is 0 Å². The van der Waals surface area contributed by atoms with E-state index in [4.69, 9.17) is 10.0 Å². The summed E-state index contributed by atoms with van der Waals surface area (Å²) >= 11 is 0. The van der Waals surface area contributed by atoms with Crippen LogP contribution in [0.25, 0.3) is 0 Å². The fourth-order valence-corrected chi connectivity index (χ4v) is 0.372. The third-order valence-electron chi connectivity index (χ3n) is 1.17. The smallest absolute Gasteiger partial charge is 0.116 e. The molecule has 0 aliphatic rings. The van der Waals surface area contributed by atoms with E-state index in [1.54, 1.807) is 13.8 Å². The molecule has 0 fully saturated rings. The Morgan fingerprint density at radius 2 is 2.00 bits per heavy atom. The van der Waals surface area contributed by atoms with Crippen LogP contribution < -0.4 is 0 Å². The van der Waals surface area contributed by atoms with E-state index in [-0.39, 0.29) is 0 Å². The zero-order valence-corrected chi connectivity index (χ0v) is 7.16. The van der Waals surface area contributed by atoms with Crippen molar-refractivity contribution in [3.8, 4) is 0 Å². The normalized spacial score (nSPS) is 13.4. The molecule has 0 spiro atoms. The molecule has 0 rings (SSSR count). The minimum atomic E-state index is 0.473. The molecule has 0 atom stereocenters. The Balaban J connectivity index is 3.81. The first-order valence-electron chi connectivity index (χ1n) is 3.58. The molecule has 0 bridgehead atoms. The van der Waals surface area contributed by atoms with Crippen molar-refractivity contribution in [2.45, 2.75) is 27.2 Å². The Bertz CT molecular complexity index is 164. The molecule has 0 radical (unpaired) electrons. The number of nitrogens with zero attached hydrogens (tertiary/aromatic N) is 2. The van der Waals surface area contributed by atoms with Crippen molar-refractivity contribution >= 4 is 11.4 Å². The maximum absolute atomic E-state index is 8.31. The summed E-state index contributed by atoms with van der Waals surface area (Å²) < 4.78 is 0. The second-order valence-corrected chi connectivity index (χ2v) is 2.20. The molecule has 64 valence electrons. The van der Waals surface area contributed by atoms with Gasteiger partial charge in [0.1, 0.15) is 18.0 Å². The highest BCUT2D eigenvalue weighted by atomic mass is 16.6. The van der Waals surface area contributed by atoms with Crippen LogP contribution in [0.3, 0.4) is 0 Å². The first-order valence-corrected chi connectivity index (χ1v) is 3.58. The van der Waals surface area contributed by atoms with Gasteiger partial charge in [-0.25, -0.2) is 0 Å². The third kappa shape index (κ3) is 4.36. The van der Waals surface area contributed by atoms with Crippen LogP contribution >= 0.6 is 0 Å². The molecule has 1 N–H and O–H groups in total. The van der Waals surface area contributed by atoms with Gasteiger partial charge < -0.3 is 10.0 Å². The van der Waals surface area contributed by atoms with E-state index < -0.39 is 0 Å². The van der Waals surface area contributed by atoms with E-state index in [2.05, 4.69) is 10.3 Å². The maximum Gasteiger partial charge on any atom is 0.116 e. The monoisotopic (exact) mass is 158 g/mol. The molecule has 0 aromatic carbocycles. The standard InChI is InChI=1S/C7H14N2O2/c1-4-5-11-9-7(3)6(2)8-10/h10H,4-5H2,1-3H3/b8-6+,9-7+. The van der Waals surface area contributed by atoms with Crippen LogP contribution in [-0.2, 0) is 4.84 Å². The summed E-state index contributed by atoms with van der Waals surface area (Å²) in [5, 5.41) is 15.0. The van der Waals surface area contributed by atoms with Gasteiger partial charge >= 0.3 is 0 Å². The lowest BCUT2D eigenvalue weighted by Crippen LogP contribution is -2.06. The lowest BCUT2D eigenvalue weighted by molar-refractivity contribution is 0.145. The molecule has 0 saturated heterocycles. The van der Waals surface area contributed by atoms with Crippen molar-refractivity contribution in [3.05, 3.63) is 0 Å². The second-order valence-electron chi connectivity index (χ2n) is 2.20. The number of rotatable bonds is 4. The van der Waals surface area contributed by atoms with Gasteiger partial charge in [0.15, 0.2) is 0 Å². The third-order valence-corrected chi connectivity index (χ3v) is 1.17. The topological polar surface area (TPSA) is 54.2 Å². The molecule has 0 aliphatic heterocycles. The average molecular weight is 158 g/mol. The average Bonchev–Trinajstić information content (AvgIpc) is 2.03. The molecule has 4 nitrogen and oxygen atoms in total. The largest absolute Gasteiger partial charge is 0.411 e. The van der Waals surface area contributed by atoms with Crippen molar-refractivity contribution in [2.75, 3.05) is 6.61 Å². The lowest BCUT2D eigenvalue weighted by Gasteiger charge is -1.97. The number of hydrogen-bond donors (Lipinski definition) is 1. The van der Waals surface area contributed by atoms with Crippen molar-refractivity contribution in [1.82, 2.24) is 0 Å². The lowest BCUT2D eigenvalue weighted by atomic mass is 10.3. The predicted octanol–water partition coefficient (Wildman–Crippen LogP) is 1.64. The van der Waals surface area contributed by atoms with Crippen molar-refractivity contribution in [2.24, 2.45) is 10.3 Å². The Kier molecular flexibility index (Phi) is 5.15. The fraction of sp³-hybridized carbons (Fsp3) is 0.714. The van der Waals surface area contributed by atoms with Gasteiger partial charge in [-0.15, -0.1) is 0 Å². The Morgan fingerprint density at radius 3 is 2.45 bits per heavy atom. The molecule has 0 aromatic rings. The molecule has 0 heterocycles. The minimum absolute atomic E-state index is 0.473. The maximum atomic E-state index is 8.31. The van der Waals surface area contributed by atoms with Gasteiger partial charge in [0.2, 0.25) is 0 Å². The van der Waals surface area contributed by atoms with Gasteiger partial charge in [-0.1, -0.05) is 17.2 Å². The van der Waals surface area contributed by atoms with Gasteiger partial charge in [0.25, 0.3) is 0 Å². The summed E-state index contributed by atoms with van der Waals surface area (Å²) in [6.45, 7) is 5.98. The predicted molar refractivity (Wildman–Crippen MR) is 44.2 cm³/mol. The zero-order valence-electron chi connectivity index (χ0n) is 7.16. The van der Waals surface area contributed by atoms with Crippen LogP contribution in [-0.4, -0.2) is 23.2 Å². The zero-order chi connectivity index (χ0) is 8.69. The van der Waals surface area contributed by atoms with Crippen LogP contribution in [0.15, 0.2) is 10.3 Å². The summed E-state index contributed by atoms with van der Waals surface area (Å²) in [5.74, 6) is 0.